The molecule has 1 rings (SSSR count). The third kappa shape index (κ3) is 3.10. The molecule has 0 spiro atoms. The van der Waals surface area contributed by atoms with Gasteiger partial charge in [0.2, 0.25) is 0 Å². The largest absolute Gasteiger partial charge is 0.493 e. The van der Waals surface area contributed by atoms with Crippen molar-refractivity contribution in [1.29, 1.82) is 0 Å². The molecule has 7 nitrogen and oxygen atoms in total. The molecule has 1 heterocycles. The van der Waals surface area contributed by atoms with Gasteiger partial charge in [0, 0.05) is 6.54 Å². The van der Waals surface area contributed by atoms with Crippen molar-refractivity contribution in [1.82, 2.24) is 14.7 Å². The number of likely N-dealkylation sites (N-methyl/N-ethyl adjacent to an activating group) is 1. The molecule has 1 atom stereocenters. The van der Waals surface area contributed by atoms with Crippen molar-refractivity contribution < 1.29 is 27.8 Å². The molecule has 0 saturated heterocycles. The quantitative estimate of drug-likeness (QED) is 0.782. The van der Waals surface area contributed by atoms with Crippen LogP contribution in [-0.2, 0) is 16.9 Å². The van der Waals surface area contributed by atoms with E-state index in [4.69, 9.17) is 15.6 Å². The number of ether oxygens (including phenoxy) is 1. The van der Waals surface area contributed by atoms with E-state index >= 15 is 0 Å². The van der Waals surface area contributed by atoms with Gasteiger partial charge in [-0.1, -0.05) is 0 Å². The summed E-state index contributed by atoms with van der Waals surface area (Å²) in [5.74, 6) is -2.55. The fourth-order valence-corrected chi connectivity index (χ4v) is 1.74. The summed E-state index contributed by atoms with van der Waals surface area (Å²) in [6.45, 7) is 0.388. The molecule has 0 aromatic carbocycles. The minimum Gasteiger partial charge on any atom is -0.493 e. The molecule has 1 unspecified atom stereocenters. The number of aromatic nitrogens is 2. The Hall–Kier alpha value is -1.81. The van der Waals surface area contributed by atoms with E-state index in [1.165, 1.54) is 0 Å². The molecule has 0 fully saturated rings. The Bertz CT molecular complexity index is 515. The van der Waals surface area contributed by atoms with Crippen molar-refractivity contribution in [2.24, 2.45) is 5.73 Å². The molecule has 1 aromatic rings. The van der Waals surface area contributed by atoms with Crippen LogP contribution >= 0.6 is 0 Å². The zero-order valence-corrected chi connectivity index (χ0v) is 11.8. The number of carbonyl (C=O) groups is 1. The summed E-state index contributed by atoms with van der Waals surface area (Å²) in [6.07, 6.45) is -4.19. The summed E-state index contributed by atoms with van der Waals surface area (Å²) in [5.41, 5.74) is 0.862. The molecule has 3 N–H and O–H groups in total. The molecule has 0 saturated carbocycles. The highest BCUT2D eigenvalue weighted by atomic mass is 19.4. The molecule has 21 heavy (non-hydrogen) atoms. The number of rotatable bonds is 6. The lowest BCUT2D eigenvalue weighted by atomic mass is 9.95. The number of hydrogen-bond donors (Lipinski definition) is 2. The fourth-order valence-electron chi connectivity index (χ4n) is 1.74. The van der Waals surface area contributed by atoms with Crippen LogP contribution in [-0.4, -0.2) is 59.7 Å². The summed E-state index contributed by atoms with van der Waals surface area (Å²) in [4.78, 5) is 12.9. The van der Waals surface area contributed by atoms with E-state index in [9.17, 15) is 18.0 Å². The third-order valence-electron chi connectivity index (χ3n) is 2.94. The molecule has 120 valence electrons. The minimum atomic E-state index is -5.21. The predicted octanol–water partition coefficient (Wildman–Crippen LogP) is 0.254. The molecule has 1 aromatic heterocycles. The lowest BCUT2D eigenvalue weighted by Gasteiger charge is -2.28. The molecule has 0 aliphatic rings. The van der Waals surface area contributed by atoms with Crippen molar-refractivity contribution >= 4 is 5.97 Å². The van der Waals surface area contributed by atoms with Crippen LogP contribution in [0.1, 0.15) is 5.69 Å². The fraction of sp³-hybridized carbons (Fsp3) is 0.636. The third-order valence-corrected chi connectivity index (χ3v) is 2.94. The number of carboxylic acid groups (broad SMARTS) is 1. The average molecular weight is 310 g/mol. The van der Waals surface area contributed by atoms with Crippen molar-refractivity contribution in [2.75, 3.05) is 27.7 Å². The summed E-state index contributed by atoms with van der Waals surface area (Å²) >= 11 is 0. The lowest BCUT2D eigenvalue weighted by Crippen LogP contribution is -2.58. The van der Waals surface area contributed by atoms with Crippen molar-refractivity contribution in [3.05, 3.63) is 11.9 Å². The number of hydrogen-bond acceptors (Lipinski definition) is 5. The first-order valence-electron chi connectivity index (χ1n) is 5.89. The number of nitrogens with zero attached hydrogens (tertiary/aromatic N) is 3. The van der Waals surface area contributed by atoms with E-state index in [2.05, 4.69) is 5.10 Å². The normalized spacial score (nSPS) is 15.0. The second kappa shape index (κ2) is 5.90. The highest BCUT2D eigenvalue weighted by Crippen LogP contribution is 2.41. The van der Waals surface area contributed by atoms with Gasteiger partial charge in [-0.2, -0.15) is 18.3 Å². The summed E-state index contributed by atoms with van der Waals surface area (Å²) < 4.78 is 45.3. The Balaban J connectivity index is 3.43. The molecule has 0 amide bonds. The van der Waals surface area contributed by atoms with E-state index in [1.807, 2.05) is 0 Å². The van der Waals surface area contributed by atoms with E-state index in [1.54, 1.807) is 19.0 Å². The first-order valence-corrected chi connectivity index (χ1v) is 5.89. The van der Waals surface area contributed by atoms with E-state index in [0.717, 1.165) is 18.0 Å². The highest BCUT2D eigenvalue weighted by molar-refractivity contribution is 5.82. The molecule has 0 radical (unpaired) electrons. The monoisotopic (exact) mass is 310 g/mol. The number of alkyl halides is 3. The summed E-state index contributed by atoms with van der Waals surface area (Å²) in [7, 11) is 4.56. The second-order valence-electron chi connectivity index (χ2n) is 4.70. The van der Waals surface area contributed by atoms with Gasteiger partial charge in [0.1, 0.15) is 5.69 Å². The zero-order valence-electron chi connectivity index (χ0n) is 11.8. The number of halogens is 3. The van der Waals surface area contributed by atoms with E-state index in [0.29, 0.717) is 6.54 Å². The molecule has 10 heteroatoms. The standard InChI is InChI=1S/C11H17F3N4O3/c1-17(2)4-5-18-8(7(21-3)6-16-18)10(15,9(19)20)11(12,13)14/h6H,4-5,15H2,1-3H3,(H,19,20). The van der Waals surface area contributed by atoms with Gasteiger partial charge in [-0.05, 0) is 14.1 Å². The van der Waals surface area contributed by atoms with Gasteiger partial charge in [-0.25, -0.2) is 4.79 Å². The van der Waals surface area contributed by atoms with Crippen LogP contribution in [0.15, 0.2) is 6.20 Å². The van der Waals surface area contributed by atoms with E-state index < -0.39 is 23.4 Å². The lowest BCUT2D eigenvalue weighted by molar-refractivity contribution is -0.206. The van der Waals surface area contributed by atoms with Crippen LogP contribution in [0.25, 0.3) is 0 Å². The van der Waals surface area contributed by atoms with Crippen LogP contribution < -0.4 is 10.5 Å². The SMILES string of the molecule is COc1cnn(CCN(C)C)c1C(N)(C(=O)O)C(F)(F)F. The minimum absolute atomic E-state index is 0.0357. The van der Waals surface area contributed by atoms with Crippen LogP contribution in [0.5, 0.6) is 5.75 Å². The van der Waals surface area contributed by atoms with Crippen molar-refractivity contribution in [3.8, 4) is 5.75 Å². The Morgan fingerprint density at radius 1 is 1.52 bits per heavy atom. The van der Waals surface area contributed by atoms with Crippen molar-refractivity contribution in [2.45, 2.75) is 18.3 Å². The van der Waals surface area contributed by atoms with Crippen LogP contribution in [0, 0.1) is 0 Å². The highest BCUT2D eigenvalue weighted by Gasteiger charge is 2.62. The first kappa shape index (κ1) is 17.2. The first-order chi connectivity index (χ1) is 9.55. The van der Waals surface area contributed by atoms with Crippen molar-refractivity contribution in [3.63, 3.8) is 0 Å². The van der Waals surface area contributed by atoms with Crippen LogP contribution in [0.2, 0.25) is 0 Å². The topological polar surface area (TPSA) is 93.6 Å². The van der Waals surface area contributed by atoms with Gasteiger partial charge in [0.25, 0.3) is 5.54 Å². The smallest absolute Gasteiger partial charge is 0.423 e. The molecule has 0 aliphatic carbocycles. The maximum atomic E-state index is 13.2. The Morgan fingerprint density at radius 2 is 2.10 bits per heavy atom. The number of methoxy groups -OCH3 is 1. The Kier molecular flexibility index (Phi) is 4.84. The molecule has 0 bridgehead atoms. The number of carboxylic acids is 1. The maximum absolute atomic E-state index is 13.2. The summed E-state index contributed by atoms with van der Waals surface area (Å²) in [5, 5.41) is 12.8. The Morgan fingerprint density at radius 3 is 2.48 bits per heavy atom. The second-order valence-corrected chi connectivity index (χ2v) is 4.70. The van der Waals surface area contributed by atoms with Gasteiger partial charge in [0.15, 0.2) is 5.75 Å². The van der Waals surface area contributed by atoms with Crippen LogP contribution in [0.4, 0.5) is 13.2 Å². The number of aliphatic carboxylic acids is 1. The molecular formula is C11H17F3N4O3. The van der Waals surface area contributed by atoms with Gasteiger partial charge >= 0.3 is 12.1 Å². The number of nitrogens with two attached hydrogens (primary N) is 1. The Labute approximate surface area is 119 Å². The molecular weight excluding hydrogens is 293 g/mol. The predicted molar refractivity (Wildman–Crippen MR) is 66.9 cm³/mol. The van der Waals surface area contributed by atoms with Gasteiger partial charge < -0.3 is 20.5 Å². The zero-order chi connectivity index (χ0) is 16.4. The summed E-state index contributed by atoms with van der Waals surface area (Å²) in [6, 6.07) is 0. The van der Waals surface area contributed by atoms with Crippen LogP contribution in [0.3, 0.4) is 0 Å². The van der Waals surface area contributed by atoms with Gasteiger partial charge in [-0.3, -0.25) is 4.68 Å². The van der Waals surface area contributed by atoms with E-state index in [-0.39, 0.29) is 12.3 Å². The van der Waals surface area contributed by atoms with Gasteiger partial charge in [0.05, 0.1) is 19.9 Å². The maximum Gasteiger partial charge on any atom is 0.423 e. The van der Waals surface area contributed by atoms with Gasteiger partial charge in [-0.15, -0.1) is 0 Å². The molecule has 0 aliphatic heterocycles. The average Bonchev–Trinajstić information content (AvgIpc) is 2.76.